The van der Waals surface area contributed by atoms with Gasteiger partial charge in [-0.05, 0) is 30.3 Å². The molecule has 3 aromatic rings. The molecule has 3 rings (SSSR count). The Labute approximate surface area is 119 Å². The fourth-order valence-corrected chi connectivity index (χ4v) is 2.15. The van der Waals surface area contributed by atoms with Crippen LogP contribution < -0.4 is 5.32 Å². The highest BCUT2D eigenvalue weighted by atomic mass is 35.5. The first-order chi connectivity index (χ1) is 9.63. The van der Waals surface area contributed by atoms with Gasteiger partial charge in [0.15, 0.2) is 0 Å². The van der Waals surface area contributed by atoms with E-state index in [0.717, 1.165) is 10.9 Å². The molecule has 0 aliphatic rings. The van der Waals surface area contributed by atoms with Crippen molar-refractivity contribution in [2.24, 2.45) is 0 Å². The Morgan fingerprint density at radius 3 is 2.75 bits per heavy atom. The number of fused-ring (bicyclic) bond motifs is 1. The van der Waals surface area contributed by atoms with E-state index in [1.165, 1.54) is 12.1 Å². The van der Waals surface area contributed by atoms with Gasteiger partial charge in [0.2, 0.25) is 0 Å². The fraction of sp³-hybridized carbons (Fsp3) is 0. The molecule has 0 spiro atoms. The summed E-state index contributed by atoms with van der Waals surface area (Å²) in [6.45, 7) is 0. The van der Waals surface area contributed by atoms with Crippen molar-refractivity contribution >= 4 is 34.1 Å². The number of amides is 1. The molecule has 0 saturated heterocycles. The average molecular weight is 289 g/mol. The summed E-state index contributed by atoms with van der Waals surface area (Å²) in [6, 6.07) is 13.0. The predicted molar refractivity (Wildman–Crippen MR) is 77.7 cm³/mol. The van der Waals surface area contributed by atoms with Crippen LogP contribution in [0.15, 0.2) is 48.5 Å². The number of aromatic nitrogens is 1. The van der Waals surface area contributed by atoms with E-state index in [2.05, 4.69) is 10.3 Å². The van der Waals surface area contributed by atoms with Crippen LogP contribution in [-0.4, -0.2) is 10.9 Å². The lowest BCUT2D eigenvalue weighted by Gasteiger charge is -2.04. The van der Waals surface area contributed by atoms with Gasteiger partial charge in [0.1, 0.15) is 11.5 Å². The van der Waals surface area contributed by atoms with Gasteiger partial charge in [0.25, 0.3) is 5.91 Å². The van der Waals surface area contributed by atoms with Crippen LogP contribution in [-0.2, 0) is 0 Å². The maximum atomic E-state index is 13.5. The van der Waals surface area contributed by atoms with E-state index in [1.54, 1.807) is 30.3 Å². The number of H-pyrrole nitrogens is 1. The summed E-state index contributed by atoms with van der Waals surface area (Å²) in [5.41, 5.74) is 1.26. The van der Waals surface area contributed by atoms with Gasteiger partial charge in [0, 0.05) is 15.9 Å². The largest absolute Gasteiger partial charge is 0.350 e. The van der Waals surface area contributed by atoms with Gasteiger partial charge in [0.05, 0.1) is 5.69 Å². The molecule has 0 aliphatic heterocycles. The average Bonchev–Trinajstić information content (AvgIpc) is 2.84. The molecule has 0 bridgehead atoms. The molecule has 2 N–H and O–H groups in total. The first-order valence-electron chi connectivity index (χ1n) is 5.97. The summed E-state index contributed by atoms with van der Waals surface area (Å²) in [6.07, 6.45) is 0. The molecule has 1 amide bonds. The Balaban J connectivity index is 1.91. The SMILES string of the molecule is O=C(Nc1ccccc1F)c1cc2ccc(Cl)cc2[nH]1. The van der Waals surface area contributed by atoms with Crippen LogP contribution in [0.3, 0.4) is 0 Å². The second kappa shape index (κ2) is 4.98. The molecule has 0 aliphatic carbocycles. The topological polar surface area (TPSA) is 44.9 Å². The highest BCUT2D eigenvalue weighted by Crippen LogP contribution is 2.21. The molecule has 0 unspecified atom stereocenters. The quantitative estimate of drug-likeness (QED) is 0.729. The van der Waals surface area contributed by atoms with Crippen molar-refractivity contribution in [3.05, 3.63) is 65.1 Å². The lowest BCUT2D eigenvalue weighted by Crippen LogP contribution is -2.13. The van der Waals surface area contributed by atoms with Crippen LogP contribution >= 0.6 is 11.6 Å². The zero-order valence-electron chi connectivity index (χ0n) is 10.3. The third-order valence-electron chi connectivity index (χ3n) is 2.95. The molecule has 0 fully saturated rings. The van der Waals surface area contributed by atoms with E-state index in [4.69, 9.17) is 11.6 Å². The summed E-state index contributed by atoms with van der Waals surface area (Å²) in [5.74, 6) is -0.873. The molecule has 20 heavy (non-hydrogen) atoms. The van der Waals surface area contributed by atoms with Gasteiger partial charge in [-0.15, -0.1) is 0 Å². The number of halogens is 2. The molecule has 1 heterocycles. The number of para-hydroxylation sites is 1. The molecule has 2 aromatic carbocycles. The van der Waals surface area contributed by atoms with Gasteiger partial charge >= 0.3 is 0 Å². The van der Waals surface area contributed by atoms with Crippen LogP contribution in [0.1, 0.15) is 10.5 Å². The number of carbonyl (C=O) groups excluding carboxylic acids is 1. The monoisotopic (exact) mass is 288 g/mol. The minimum Gasteiger partial charge on any atom is -0.350 e. The second-order valence-corrected chi connectivity index (χ2v) is 4.78. The van der Waals surface area contributed by atoms with Crippen molar-refractivity contribution in [2.45, 2.75) is 0 Å². The number of hydrogen-bond acceptors (Lipinski definition) is 1. The molecule has 0 radical (unpaired) electrons. The zero-order chi connectivity index (χ0) is 14.1. The van der Waals surface area contributed by atoms with Gasteiger partial charge in [-0.1, -0.05) is 29.8 Å². The van der Waals surface area contributed by atoms with Gasteiger partial charge in [-0.2, -0.15) is 0 Å². The first-order valence-corrected chi connectivity index (χ1v) is 6.35. The number of rotatable bonds is 2. The van der Waals surface area contributed by atoms with Crippen molar-refractivity contribution in [1.29, 1.82) is 0 Å². The molecule has 5 heteroatoms. The standard InChI is InChI=1S/C15H10ClFN2O/c16-10-6-5-9-7-14(18-13(9)8-10)15(20)19-12-4-2-1-3-11(12)17/h1-8,18H,(H,19,20). The third kappa shape index (κ3) is 2.38. The van der Waals surface area contributed by atoms with Crippen molar-refractivity contribution in [3.8, 4) is 0 Å². The number of nitrogens with one attached hydrogen (secondary N) is 2. The predicted octanol–water partition coefficient (Wildman–Crippen LogP) is 4.21. The van der Waals surface area contributed by atoms with Crippen LogP contribution in [0.4, 0.5) is 10.1 Å². The third-order valence-corrected chi connectivity index (χ3v) is 3.19. The Hall–Kier alpha value is -2.33. The Morgan fingerprint density at radius 1 is 1.15 bits per heavy atom. The molecule has 3 nitrogen and oxygen atoms in total. The lowest BCUT2D eigenvalue weighted by molar-refractivity contribution is 0.102. The number of aromatic amines is 1. The van der Waals surface area contributed by atoms with Crippen LogP contribution in [0.5, 0.6) is 0 Å². The Morgan fingerprint density at radius 2 is 1.95 bits per heavy atom. The summed E-state index contributed by atoms with van der Waals surface area (Å²) in [7, 11) is 0. The minimum absolute atomic E-state index is 0.147. The van der Waals surface area contributed by atoms with E-state index in [0.29, 0.717) is 10.7 Å². The summed E-state index contributed by atoms with van der Waals surface area (Å²) >= 11 is 5.89. The zero-order valence-corrected chi connectivity index (χ0v) is 11.0. The summed E-state index contributed by atoms with van der Waals surface area (Å²) in [4.78, 5) is 15.0. The summed E-state index contributed by atoms with van der Waals surface area (Å²) in [5, 5.41) is 3.98. The van der Waals surface area contributed by atoms with Crippen molar-refractivity contribution in [3.63, 3.8) is 0 Å². The highest BCUT2D eigenvalue weighted by molar-refractivity contribution is 6.31. The summed E-state index contributed by atoms with van der Waals surface area (Å²) < 4.78 is 13.5. The molecule has 0 atom stereocenters. The van der Waals surface area contributed by atoms with Crippen LogP contribution in [0.2, 0.25) is 5.02 Å². The Bertz CT molecular complexity index is 797. The molecular weight excluding hydrogens is 279 g/mol. The highest BCUT2D eigenvalue weighted by Gasteiger charge is 2.11. The van der Waals surface area contributed by atoms with Gasteiger partial charge in [-0.25, -0.2) is 4.39 Å². The van der Waals surface area contributed by atoms with E-state index in [9.17, 15) is 9.18 Å². The number of anilines is 1. The molecule has 1 aromatic heterocycles. The number of carbonyl (C=O) groups is 1. The fourth-order valence-electron chi connectivity index (χ4n) is 1.97. The minimum atomic E-state index is -0.472. The van der Waals surface area contributed by atoms with Crippen molar-refractivity contribution < 1.29 is 9.18 Å². The molecule has 100 valence electrons. The lowest BCUT2D eigenvalue weighted by atomic mass is 10.2. The van der Waals surface area contributed by atoms with Crippen molar-refractivity contribution in [1.82, 2.24) is 4.98 Å². The van der Waals surface area contributed by atoms with Crippen LogP contribution in [0.25, 0.3) is 10.9 Å². The number of benzene rings is 2. The van der Waals surface area contributed by atoms with E-state index < -0.39 is 11.7 Å². The second-order valence-electron chi connectivity index (χ2n) is 4.35. The van der Waals surface area contributed by atoms with Crippen molar-refractivity contribution in [2.75, 3.05) is 5.32 Å². The molecule has 0 saturated carbocycles. The van der Waals surface area contributed by atoms with E-state index in [1.807, 2.05) is 6.07 Å². The van der Waals surface area contributed by atoms with Gasteiger partial charge in [-0.3, -0.25) is 4.79 Å². The van der Waals surface area contributed by atoms with E-state index >= 15 is 0 Å². The maximum Gasteiger partial charge on any atom is 0.272 e. The normalized spacial score (nSPS) is 10.7. The smallest absolute Gasteiger partial charge is 0.272 e. The Kier molecular flexibility index (Phi) is 3.16. The molecular formula is C15H10ClFN2O. The van der Waals surface area contributed by atoms with E-state index in [-0.39, 0.29) is 5.69 Å². The van der Waals surface area contributed by atoms with Crippen LogP contribution in [0, 0.1) is 5.82 Å². The van der Waals surface area contributed by atoms with Gasteiger partial charge < -0.3 is 10.3 Å². The number of hydrogen-bond donors (Lipinski definition) is 2. The first kappa shape index (κ1) is 12.7. The maximum absolute atomic E-state index is 13.5.